The highest BCUT2D eigenvalue weighted by Crippen LogP contribution is 2.36. The summed E-state index contributed by atoms with van der Waals surface area (Å²) in [5.74, 6) is -2.03. The highest BCUT2D eigenvalue weighted by Gasteiger charge is 2.41. The van der Waals surface area contributed by atoms with Crippen LogP contribution < -0.4 is 0 Å². The quantitative estimate of drug-likeness (QED) is 0.787. The lowest BCUT2D eigenvalue weighted by Gasteiger charge is -2.30. The SMILES string of the molecule is CC(C1CC1)N(CC(F)(F)F)C(=O)CS(=O)(=O)c1cccnc1. The number of rotatable bonds is 6. The van der Waals surface area contributed by atoms with Crippen LogP contribution in [0.15, 0.2) is 29.4 Å². The summed E-state index contributed by atoms with van der Waals surface area (Å²) in [5.41, 5.74) is 0. The number of sulfone groups is 1. The second-order valence-corrected chi connectivity index (χ2v) is 7.65. The predicted molar refractivity (Wildman–Crippen MR) is 76.2 cm³/mol. The van der Waals surface area contributed by atoms with Crippen molar-refractivity contribution in [1.82, 2.24) is 9.88 Å². The van der Waals surface area contributed by atoms with E-state index in [0.717, 1.165) is 19.0 Å². The Bertz CT molecular complexity index is 658. The highest BCUT2D eigenvalue weighted by molar-refractivity contribution is 7.92. The van der Waals surface area contributed by atoms with Crippen LogP contribution in [-0.4, -0.2) is 48.7 Å². The molecule has 23 heavy (non-hydrogen) atoms. The van der Waals surface area contributed by atoms with Crippen molar-refractivity contribution in [2.45, 2.75) is 36.9 Å². The molecular weight excluding hydrogens is 333 g/mol. The van der Waals surface area contributed by atoms with E-state index in [-0.39, 0.29) is 10.8 Å². The summed E-state index contributed by atoms with van der Waals surface area (Å²) in [7, 11) is -4.02. The van der Waals surface area contributed by atoms with Gasteiger partial charge in [-0.2, -0.15) is 13.2 Å². The molecule has 128 valence electrons. The number of amides is 1. The van der Waals surface area contributed by atoms with Gasteiger partial charge in [0.15, 0.2) is 9.84 Å². The molecule has 1 atom stereocenters. The van der Waals surface area contributed by atoms with Gasteiger partial charge >= 0.3 is 6.18 Å². The van der Waals surface area contributed by atoms with E-state index in [4.69, 9.17) is 0 Å². The molecule has 0 aliphatic heterocycles. The summed E-state index contributed by atoms with van der Waals surface area (Å²) < 4.78 is 62.4. The minimum absolute atomic E-state index is 0.00222. The minimum atomic E-state index is -4.57. The van der Waals surface area contributed by atoms with Crippen molar-refractivity contribution in [2.24, 2.45) is 5.92 Å². The zero-order valence-corrected chi connectivity index (χ0v) is 13.3. The molecule has 1 aromatic heterocycles. The van der Waals surface area contributed by atoms with Crippen LogP contribution in [0.2, 0.25) is 0 Å². The molecule has 5 nitrogen and oxygen atoms in total. The summed E-state index contributed by atoms with van der Waals surface area (Å²) in [5, 5.41) is 0. The molecule has 1 fully saturated rings. The zero-order valence-electron chi connectivity index (χ0n) is 12.5. The van der Waals surface area contributed by atoms with Crippen molar-refractivity contribution in [3.05, 3.63) is 24.5 Å². The third kappa shape index (κ3) is 4.92. The van der Waals surface area contributed by atoms with Crippen LogP contribution in [-0.2, 0) is 14.6 Å². The predicted octanol–water partition coefficient (Wildman–Crippen LogP) is 2.04. The van der Waals surface area contributed by atoms with E-state index in [2.05, 4.69) is 4.98 Å². The van der Waals surface area contributed by atoms with Crippen molar-refractivity contribution in [2.75, 3.05) is 12.3 Å². The molecule has 1 unspecified atom stereocenters. The van der Waals surface area contributed by atoms with Crippen molar-refractivity contribution >= 4 is 15.7 Å². The van der Waals surface area contributed by atoms with Crippen molar-refractivity contribution in [3.63, 3.8) is 0 Å². The van der Waals surface area contributed by atoms with Crippen LogP contribution in [0.1, 0.15) is 19.8 Å². The largest absolute Gasteiger partial charge is 0.406 e. The number of halogens is 3. The molecule has 9 heteroatoms. The summed E-state index contributed by atoms with van der Waals surface area (Å²) >= 11 is 0. The van der Waals surface area contributed by atoms with Gasteiger partial charge in [0.2, 0.25) is 5.91 Å². The molecule has 0 saturated heterocycles. The van der Waals surface area contributed by atoms with Crippen LogP contribution in [0.3, 0.4) is 0 Å². The molecule has 1 aliphatic rings. The van der Waals surface area contributed by atoms with Crippen molar-refractivity contribution < 1.29 is 26.4 Å². The molecule has 0 bridgehead atoms. The number of carbonyl (C=O) groups excluding carboxylic acids is 1. The molecule has 1 aromatic rings. The fourth-order valence-corrected chi connectivity index (χ4v) is 3.51. The van der Waals surface area contributed by atoms with Crippen LogP contribution in [0.25, 0.3) is 0 Å². The topological polar surface area (TPSA) is 67.3 Å². The van der Waals surface area contributed by atoms with E-state index in [0.29, 0.717) is 4.90 Å². The van der Waals surface area contributed by atoms with E-state index in [1.807, 2.05) is 0 Å². The first kappa shape index (κ1) is 17.7. The van der Waals surface area contributed by atoms with Crippen molar-refractivity contribution in [1.29, 1.82) is 0 Å². The van der Waals surface area contributed by atoms with Gasteiger partial charge in [0.25, 0.3) is 0 Å². The van der Waals surface area contributed by atoms with Gasteiger partial charge in [-0.1, -0.05) is 0 Å². The van der Waals surface area contributed by atoms with Gasteiger partial charge in [0.1, 0.15) is 12.3 Å². The van der Waals surface area contributed by atoms with Gasteiger partial charge in [0.05, 0.1) is 4.90 Å². The van der Waals surface area contributed by atoms with Gasteiger partial charge in [-0.05, 0) is 37.8 Å². The monoisotopic (exact) mass is 350 g/mol. The summed E-state index contributed by atoms with van der Waals surface area (Å²) in [6.45, 7) is 0.0874. The van der Waals surface area contributed by atoms with Gasteiger partial charge in [0, 0.05) is 18.4 Å². The normalized spacial score (nSPS) is 16.9. The zero-order chi connectivity index (χ0) is 17.3. The third-order valence-corrected chi connectivity index (χ3v) is 5.36. The highest BCUT2D eigenvalue weighted by atomic mass is 32.2. The van der Waals surface area contributed by atoms with E-state index in [9.17, 15) is 26.4 Å². The van der Waals surface area contributed by atoms with Gasteiger partial charge in [-0.3, -0.25) is 9.78 Å². The summed E-state index contributed by atoms with van der Waals surface area (Å²) in [6, 6.07) is 2.01. The molecule has 1 saturated carbocycles. The molecule has 1 amide bonds. The van der Waals surface area contributed by atoms with E-state index >= 15 is 0 Å². The van der Waals surface area contributed by atoms with Gasteiger partial charge < -0.3 is 4.90 Å². The molecular formula is C14H17F3N2O3S. The number of nitrogens with zero attached hydrogens (tertiary/aromatic N) is 2. The molecule has 1 heterocycles. The maximum Gasteiger partial charge on any atom is 0.406 e. The minimum Gasteiger partial charge on any atom is -0.330 e. The average Bonchev–Trinajstić information content (AvgIpc) is 3.28. The lowest BCUT2D eigenvalue weighted by Crippen LogP contribution is -2.47. The van der Waals surface area contributed by atoms with Gasteiger partial charge in [-0.25, -0.2) is 8.42 Å². The second kappa shape index (κ2) is 6.46. The number of hydrogen-bond donors (Lipinski definition) is 0. The standard InChI is InChI=1S/C14H17F3N2O3S/c1-10(11-4-5-11)19(9-14(15,16)17)13(20)8-23(21,22)12-3-2-6-18-7-12/h2-3,6-7,10-11H,4-5,8-9H2,1H3. The molecule has 0 aromatic carbocycles. The Kier molecular flexibility index (Phi) is 4.98. The first-order valence-electron chi connectivity index (χ1n) is 7.09. The summed E-state index contributed by atoms with van der Waals surface area (Å²) in [6.07, 6.45) is -0.639. The lowest BCUT2D eigenvalue weighted by atomic mass is 10.2. The number of hydrogen-bond acceptors (Lipinski definition) is 4. The first-order valence-corrected chi connectivity index (χ1v) is 8.74. The van der Waals surface area contributed by atoms with Gasteiger partial charge in [-0.15, -0.1) is 0 Å². The molecule has 2 rings (SSSR count). The van der Waals surface area contributed by atoms with Crippen LogP contribution in [0.5, 0.6) is 0 Å². The number of alkyl halides is 3. The van der Waals surface area contributed by atoms with Crippen LogP contribution >= 0.6 is 0 Å². The molecule has 1 aliphatic carbocycles. The summed E-state index contributed by atoms with van der Waals surface area (Å²) in [4.78, 5) is 16.3. The fourth-order valence-electron chi connectivity index (χ4n) is 2.35. The Morgan fingerprint density at radius 2 is 2.09 bits per heavy atom. The Hall–Kier alpha value is -1.64. The Labute approximate surface area is 132 Å². The van der Waals surface area contributed by atoms with Crippen LogP contribution in [0, 0.1) is 5.92 Å². The Morgan fingerprint density at radius 1 is 1.43 bits per heavy atom. The smallest absolute Gasteiger partial charge is 0.330 e. The third-order valence-electron chi connectivity index (χ3n) is 3.77. The van der Waals surface area contributed by atoms with E-state index in [1.165, 1.54) is 25.3 Å². The first-order chi connectivity index (χ1) is 10.6. The number of carbonyl (C=O) groups is 1. The van der Waals surface area contributed by atoms with Crippen molar-refractivity contribution in [3.8, 4) is 0 Å². The molecule has 0 N–H and O–H groups in total. The molecule has 0 spiro atoms. The Balaban J connectivity index is 2.17. The fraction of sp³-hybridized carbons (Fsp3) is 0.571. The Morgan fingerprint density at radius 3 is 2.57 bits per heavy atom. The number of pyridine rings is 1. The maximum absolute atomic E-state index is 12.7. The average molecular weight is 350 g/mol. The van der Waals surface area contributed by atoms with Crippen LogP contribution in [0.4, 0.5) is 13.2 Å². The van der Waals surface area contributed by atoms with E-state index in [1.54, 1.807) is 0 Å². The molecule has 0 radical (unpaired) electrons. The van der Waals surface area contributed by atoms with E-state index < -0.39 is 40.3 Å². The maximum atomic E-state index is 12.7. The second-order valence-electron chi connectivity index (χ2n) is 5.66. The number of aromatic nitrogens is 1. The lowest BCUT2D eigenvalue weighted by molar-refractivity contribution is -0.164.